The van der Waals surface area contributed by atoms with Gasteiger partial charge in [0.25, 0.3) is 5.91 Å². The van der Waals surface area contributed by atoms with E-state index >= 15 is 0 Å². The molecule has 2 heterocycles. The van der Waals surface area contributed by atoms with Gasteiger partial charge in [0, 0.05) is 18.4 Å². The zero-order valence-corrected chi connectivity index (χ0v) is 9.32. The molecule has 0 unspecified atom stereocenters. The van der Waals surface area contributed by atoms with E-state index in [9.17, 15) is 4.79 Å². The molecule has 0 saturated heterocycles. The lowest BCUT2D eigenvalue weighted by Crippen LogP contribution is -2.36. The summed E-state index contributed by atoms with van der Waals surface area (Å²) < 4.78 is 0. The lowest BCUT2D eigenvalue weighted by Gasteiger charge is -2.12. The molecule has 0 aromatic carbocycles. The Morgan fingerprint density at radius 2 is 2.12 bits per heavy atom. The summed E-state index contributed by atoms with van der Waals surface area (Å²) in [5.41, 5.74) is 0.299. The largest absolute Gasteiger partial charge is 0.346 e. The Labute approximate surface area is 97.9 Å². The summed E-state index contributed by atoms with van der Waals surface area (Å²) >= 11 is 0. The zero-order valence-electron chi connectivity index (χ0n) is 9.32. The van der Waals surface area contributed by atoms with Gasteiger partial charge < -0.3 is 5.32 Å². The lowest BCUT2D eigenvalue weighted by atomic mass is 10.3. The Balaban J connectivity index is 1.91. The van der Waals surface area contributed by atoms with Crippen LogP contribution in [0.15, 0.2) is 31.0 Å². The Morgan fingerprint density at radius 3 is 2.76 bits per heavy atom. The topological polar surface area (TPSA) is 85.6 Å². The van der Waals surface area contributed by atoms with Crippen LogP contribution in [0.5, 0.6) is 0 Å². The molecule has 0 aliphatic rings. The van der Waals surface area contributed by atoms with E-state index in [0.717, 1.165) is 0 Å². The molecule has 7 nitrogen and oxygen atoms in total. The van der Waals surface area contributed by atoms with Crippen LogP contribution < -0.4 is 5.32 Å². The van der Waals surface area contributed by atoms with E-state index in [0.29, 0.717) is 12.2 Å². The molecule has 2 rings (SSSR count). The smallest absolute Gasteiger partial charge is 0.271 e. The van der Waals surface area contributed by atoms with Gasteiger partial charge in [-0.2, -0.15) is 15.0 Å². The van der Waals surface area contributed by atoms with Crippen LogP contribution in [0, 0.1) is 0 Å². The van der Waals surface area contributed by atoms with Gasteiger partial charge in [-0.3, -0.25) is 9.78 Å². The molecule has 0 radical (unpaired) electrons. The van der Waals surface area contributed by atoms with Crippen molar-refractivity contribution in [2.75, 3.05) is 0 Å². The van der Waals surface area contributed by atoms with Crippen molar-refractivity contribution in [1.82, 2.24) is 30.3 Å². The number of carbonyl (C=O) groups is 1. The highest BCUT2D eigenvalue weighted by molar-refractivity contribution is 5.92. The fraction of sp³-hybridized carbons (Fsp3) is 0.300. The molecule has 1 N–H and O–H groups in total. The van der Waals surface area contributed by atoms with E-state index in [4.69, 9.17) is 0 Å². The molecule has 17 heavy (non-hydrogen) atoms. The third-order valence-corrected chi connectivity index (χ3v) is 2.08. The summed E-state index contributed by atoms with van der Waals surface area (Å²) in [5, 5.41) is 10.7. The molecule has 88 valence electrons. The number of hydrogen-bond acceptors (Lipinski definition) is 5. The lowest BCUT2D eigenvalue weighted by molar-refractivity contribution is 0.0929. The van der Waals surface area contributed by atoms with Gasteiger partial charge in [-0.25, -0.2) is 4.98 Å². The third kappa shape index (κ3) is 3.07. The van der Waals surface area contributed by atoms with Crippen LogP contribution in [-0.2, 0) is 6.54 Å². The molecule has 0 fully saturated rings. The molecule has 1 amide bonds. The van der Waals surface area contributed by atoms with Gasteiger partial charge in [0.2, 0.25) is 0 Å². The van der Waals surface area contributed by atoms with Gasteiger partial charge in [-0.1, -0.05) is 0 Å². The molecule has 0 saturated carbocycles. The van der Waals surface area contributed by atoms with Crippen LogP contribution in [-0.4, -0.2) is 36.9 Å². The molecule has 0 aliphatic heterocycles. The molecule has 0 spiro atoms. The van der Waals surface area contributed by atoms with E-state index in [1.54, 1.807) is 12.4 Å². The van der Waals surface area contributed by atoms with E-state index in [1.165, 1.54) is 23.4 Å². The third-order valence-electron chi connectivity index (χ3n) is 2.08. The number of nitrogens with one attached hydrogen (secondary N) is 1. The summed E-state index contributed by atoms with van der Waals surface area (Å²) in [7, 11) is 0. The van der Waals surface area contributed by atoms with Gasteiger partial charge in [-0.15, -0.1) is 0 Å². The van der Waals surface area contributed by atoms with Crippen molar-refractivity contribution in [1.29, 1.82) is 0 Å². The Hall–Kier alpha value is -2.31. The van der Waals surface area contributed by atoms with Crippen LogP contribution >= 0.6 is 0 Å². The average Bonchev–Trinajstić information content (AvgIpc) is 2.82. The standard InChI is InChI=1S/C10H12N6O/c1-8(7-16-13-4-5-14-16)15-10(17)9-6-11-2-3-12-9/h2-6,8H,7H2,1H3,(H,15,17)/t8-/m0/s1. The predicted octanol–water partition coefficient (Wildman–Crippen LogP) is -0.113. The zero-order chi connectivity index (χ0) is 12.1. The maximum atomic E-state index is 11.7. The van der Waals surface area contributed by atoms with Gasteiger partial charge in [0.15, 0.2) is 0 Å². The first-order chi connectivity index (χ1) is 8.25. The summed E-state index contributed by atoms with van der Waals surface area (Å²) in [6, 6.07) is -0.0862. The second kappa shape index (κ2) is 5.15. The van der Waals surface area contributed by atoms with E-state index < -0.39 is 0 Å². The van der Waals surface area contributed by atoms with E-state index in [1.807, 2.05) is 6.92 Å². The summed E-state index contributed by atoms with van der Waals surface area (Å²) in [6.45, 7) is 2.39. The van der Waals surface area contributed by atoms with Crippen molar-refractivity contribution in [3.63, 3.8) is 0 Å². The molecule has 2 aromatic rings. The molecule has 0 bridgehead atoms. The number of rotatable bonds is 4. The minimum absolute atomic E-state index is 0.0862. The molecule has 7 heteroatoms. The highest BCUT2D eigenvalue weighted by Crippen LogP contribution is 1.93. The van der Waals surface area contributed by atoms with E-state index in [2.05, 4.69) is 25.5 Å². The molecule has 2 aromatic heterocycles. The van der Waals surface area contributed by atoms with Gasteiger partial charge in [-0.05, 0) is 6.92 Å². The summed E-state index contributed by atoms with van der Waals surface area (Å²) in [6.07, 6.45) is 7.62. The Kier molecular flexibility index (Phi) is 3.39. The second-order valence-electron chi connectivity index (χ2n) is 3.55. The molecular weight excluding hydrogens is 220 g/mol. The van der Waals surface area contributed by atoms with Gasteiger partial charge >= 0.3 is 0 Å². The van der Waals surface area contributed by atoms with Gasteiger partial charge in [0.1, 0.15) is 5.69 Å². The van der Waals surface area contributed by atoms with Crippen LogP contribution in [0.25, 0.3) is 0 Å². The fourth-order valence-electron chi connectivity index (χ4n) is 1.34. The minimum atomic E-state index is -0.252. The normalized spacial score (nSPS) is 12.1. The number of hydrogen-bond donors (Lipinski definition) is 1. The van der Waals surface area contributed by atoms with Crippen molar-refractivity contribution in [3.05, 3.63) is 36.7 Å². The number of carbonyl (C=O) groups excluding carboxylic acids is 1. The molecule has 0 aliphatic carbocycles. The SMILES string of the molecule is C[C@@H](Cn1nccn1)NC(=O)c1cnccn1. The predicted molar refractivity (Wildman–Crippen MR) is 59.0 cm³/mol. The monoisotopic (exact) mass is 232 g/mol. The summed E-state index contributed by atoms with van der Waals surface area (Å²) in [4.78, 5) is 21.0. The first-order valence-electron chi connectivity index (χ1n) is 5.16. The second-order valence-corrected chi connectivity index (χ2v) is 3.55. The van der Waals surface area contributed by atoms with Crippen LogP contribution in [0.4, 0.5) is 0 Å². The number of aromatic nitrogens is 5. The van der Waals surface area contributed by atoms with Crippen LogP contribution in [0.1, 0.15) is 17.4 Å². The van der Waals surface area contributed by atoms with Crippen LogP contribution in [0.2, 0.25) is 0 Å². The maximum Gasteiger partial charge on any atom is 0.271 e. The minimum Gasteiger partial charge on any atom is -0.346 e. The number of amides is 1. The fourth-order valence-corrected chi connectivity index (χ4v) is 1.34. The molecule has 1 atom stereocenters. The highest BCUT2D eigenvalue weighted by Gasteiger charge is 2.11. The maximum absolute atomic E-state index is 11.7. The van der Waals surface area contributed by atoms with Crippen molar-refractivity contribution < 1.29 is 4.79 Å². The van der Waals surface area contributed by atoms with Crippen LogP contribution in [0.3, 0.4) is 0 Å². The van der Waals surface area contributed by atoms with Crippen molar-refractivity contribution >= 4 is 5.91 Å². The van der Waals surface area contributed by atoms with Crippen molar-refractivity contribution in [2.24, 2.45) is 0 Å². The summed E-state index contributed by atoms with van der Waals surface area (Å²) in [5.74, 6) is -0.252. The number of nitrogens with zero attached hydrogens (tertiary/aromatic N) is 5. The molecular formula is C10H12N6O. The van der Waals surface area contributed by atoms with Crippen molar-refractivity contribution in [3.8, 4) is 0 Å². The van der Waals surface area contributed by atoms with Gasteiger partial charge in [0.05, 0.1) is 25.1 Å². The Bertz CT molecular complexity index is 469. The average molecular weight is 232 g/mol. The first kappa shape index (κ1) is 11.2. The van der Waals surface area contributed by atoms with Crippen molar-refractivity contribution in [2.45, 2.75) is 19.5 Å². The quantitative estimate of drug-likeness (QED) is 0.794. The first-order valence-corrected chi connectivity index (χ1v) is 5.16. The van der Waals surface area contributed by atoms with E-state index in [-0.39, 0.29) is 11.9 Å². The Morgan fingerprint density at radius 1 is 1.35 bits per heavy atom. The highest BCUT2D eigenvalue weighted by atomic mass is 16.1.